The molecular formula is C33H46Cl2N2O3. The van der Waals surface area contributed by atoms with Crippen molar-refractivity contribution in [3.63, 3.8) is 0 Å². The molecule has 0 saturated heterocycles. The van der Waals surface area contributed by atoms with Gasteiger partial charge in [-0.15, -0.1) is 24.8 Å². The van der Waals surface area contributed by atoms with Crippen LogP contribution in [0.5, 0.6) is 17.2 Å². The smallest absolute Gasteiger partial charge is 0.164 e. The summed E-state index contributed by atoms with van der Waals surface area (Å²) in [6, 6.07) is 23.1. The van der Waals surface area contributed by atoms with E-state index in [0.717, 1.165) is 82.0 Å². The van der Waals surface area contributed by atoms with Gasteiger partial charge in [0.2, 0.25) is 0 Å². The van der Waals surface area contributed by atoms with E-state index in [1.807, 2.05) is 18.2 Å². The van der Waals surface area contributed by atoms with Gasteiger partial charge in [-0.25, -0.2) is 0 Å². The first-order valence-corrected chi connectivity index (χ1v) is 13.7. The summed E-state index contributed by atoms with van der Waals surface area (Å²) in [4.78, 5) is 0. The molecule has 0 aliphatic heterocycles. The minimum absolute atomic E-state index is 0. The number of hydrogen-bond donors (Lipinski definition) is 2. The molecule has 3 rings (SSSR count). The summed E-state index contributed by atoms with van der Waals surface area (Å²) >= 11 is 0. The van der Waals surface area contributed by atoms with Gasteiger partial charge in [0, 0.05) is 5.56 Å². The van der Waals surface area contributed by atoms with Crippen LogP contribution in [-0.4, -0.2) is 47.5 Å². The quantitative estimate of drug-likeness (QED) is 0.129. The number of nitrogens with one attached hydrogen (secondary N) is 2. The second kappa shape index (κ2) is 21.1. The number of benzene rings is 3. The fourth-order valence-electron chi connectivity index (χ4n) is 4.59. The number of methoxy groups -OCH3 is 3. The van der Waals surface area contributed by atoms with Gasteiger partial charge in [-0.05, 0) is 99.6 Å². The van der Waals surface area contributed by atoms with Crippen molar-refractivity contribution in [1.29, 1.82) is 0 Å². The van der Waals surface area contributed by atoms with Crippen molar-refractivity contribution in [1.82, 2.24) is 10.6 Å². The van der Waals surface area contributed by atoms with Gasteiger partial charge in [-0.3, -0.25) is 0 Å². The van der Waals surface area contributed by atoms with E-state index in [0.29, 0.717) is 0 Å². The van der Waals surface area contributed by atoms with E-state index >= 15 is 0 Å². The molecule has 0 saturated carbocycles. The molecule has 0 heterocycles. The van der Waals surface area contributed by atoms with E-state index in [2.05, 4.69) is 71.3 Å². The summed E-state index contributed by atoms with van der Waals surface area (Å²) in [7, 11) is 5.12. The lowest BCUT2D eigenvalue weighted by Gasteiger charge is -2.17. The van der Waals surface area contributed by atoms with Gasteiger partial charge >= 0.3 is 0 Å². The maximum atomic E-state index is 5.79. The van der Waals surface area contributed by atoms with E-state index in [1.165, 1.54) is 22.3 Å². The summed E-state index contributed by atoms with van der Waals surface area (Å²) in [5, 5.41) is 7.11. The van der Waals surface area contributed by atoms with Crippen LogP contribution in [0.25, 0.3) is 0 Å². The molecule has 3 aromatic rings. The molecule has 0 bridgehead atoms. The Hall–Kier alpha value is -2.70. The van der Waals surface area contributed by atoms with Crippen molar-refractivity contribution in [2.24, 2.45) is 0 Å². The Kier molecular flexibility index (Phi) is 18.6. The number of rotatable bonds is 18. The summed E-state index contributed by atoms with van der Waals surface area (Å²) in [5.74, 6) is 2.51. The summed E-state index contributed by atoms with van der Waals surface area (Å²) in [6.45, 7) is 3.95. The fourth-order valence-corrected chi connectivity index (χ4v) is 4.59. The third kappa shape index (κ3) is 12.2. The zero-order valence-corrected chi connectivity index (χ0v) is 25.8. The van der Waals surface area contributed by atoms with Gasteiger partial charge in [0.15, 0.2) is 11.5 Å². The maximum absolute atomic E-state index is 5.79. The number of hydrogen-bond acceptors (Lipinski definition) is 5. The van der Waals surface area contributed by atoms with Gasteiger partial charge in [0.1, 0.15) is 5.75 Å². The lowest BCUT2D eigenvalue weighted by Crippen LogP contribution is -2.19. The van der Waals surface area contributed by atoms with Crippen LogP contribution in [0.2, 0.25) is 0 Å². The lowest BCUT2D eigenvalue weighted by molar-refractivity contribution is 0.351. The summed E-state index contributed by atoms with van der Waals surface area (Å²) in [5.41, 5.74) is 5.15. The van der Waals surface area contributed by atoms with Crippen LogP contribution >= 0.6 is 24.8 Å². The second-order valence-electron chi connectivity index (χ2n) is 9.32. The molecule has 5 nitrogen and oxygen atoms in total. The zero-order valence-electron chi connectivity index (χ0n) is 24.1. The van der Waals surface area contributed by atoms with Crippen LogP contribution in [-0.2, 0) is 25.7 Å². The summed E-state index contributed by atoms with van der Waals surface area (Å²) in [6.07, 6.45) is 10.5. The predicted molar refractivity (Wildman–Crippen MR) is 172 cm³/mol. The Balaban J connectivity index is 0.00000400. The molecule has 3 aromatic carbocycles. The molecule has 0 aromatic heterocycles. The van der Waals surface area contributed by atoms with Crippen molar-refractivity contribution in [2.45, 2.75) is 38.5 Å². The monoisotopic (exact) mass is 588 g/mol. The molecule has 220 valence electrons. The first-order chi connectivity index (χ1) is 18.7. The molecule has 40 heavy (non-hydrogen) atoms. The highest BCUT2D eigenvalue weighted by atomic mass is 35.5. The molecule has 0 aliphatic rings. The van der Waals surface area contributed by atoms with Crippen molar-refractivity contribution in [3.05, 3.63) is 101 Å². The van der Waals surface area contributed by atoms with Crippen LogP contribution in [0.3, 0.4) is 0 Å². The van der Waals surface area contributed by atoms with E-state index in [1.54, 1.807) is 21.3 Å². The number of ether oxygens (including phenoxy) is 3. The van der Waals surface area contributed by atoms with E-state index < -0.39 is 0 Å². The van der Waals surface area contributed by atoms with Gasteiger partial charge in [0.05, 0.1) is 21.3 Å². The third-order valence-corrected chi connectivity index (χ3v) is 6.69. The van der Waals surface area contributed by atoms with Crippen LogP contribution in [0.1, 0.15) is 35.1 Å². The Morgan fingerprint density at radius 3 is 1.93 bits per heavy atom. The van der Waals surface area contributed by atoms with Crippen LogP contribution in [0.4, 0.5) is 0 Å². The molecule has 7 heteroatoms. The van der Waals surface area contributed by atoms with Gasteiger partial charge in [0.25, 0.3) is 0 Å². The average Bonchev–Trinajstić information content (AvgIpc) is 2.97. The fraction of sp³-hybridized carbons (Fsp3) is 0.394. The molecule has 0 spiro atoms. The summed E-state index contributed by atoms with van der Waals surface area (Å²) < 4.78 is 16.8. The van der Waals surface area contributed by atoms with Gasteiger partial charge in [-0.2, -0.15) is 0 Å². The minimum atomic E-state index is 0. The highest BCUT2D eigenvalue weighted by molar-refractivity contribution is 5.85. The first-order valence-electron chi connectivity index (χ1n) is 13.7. The Morgan fingerprint density at radius 1 is 0.600 bits per heavy atom. The van der Waals surface area contributed by atoms with E-state index in [-0.39, 0.29) is 24.8 Å². The van der Waals surface area contributed by atoms with Gasteiger partial charge in [-0.1, -0.05) is 60.7 Å². The van der Waals surface area contributed by atoms with Crippen molar-refractivity contribution >= 4 is 24.8 Å². The standard InChI is InChI=1S/C33H44N2O3.2ClH/c1-36-30-15-11-14-28(26-30)16-18-31-29(17-19-32(37-2)33(31)38-3)21-25-35-23-10-5-4-9-22-34-24-20-27-12-7-6-8-13-27;;/h4-8,11-15,17,19,26,34-35H,9-10,16,18,20-25H2,1-3H3;2*1H. The topological polar surface area (TPSA) is 51.8 Å². The Bertz CT molecular complexity index is 1110. The first kappa shape index (κ1) is 35.3. The van der Waals surface area contributed by atoms with Gasteiger partial charge < -0.3 is 24.8 Å². The van der Waals surface area contributed by atoms with Crippen molar-refractivity contribution < 1.29 is 14.2 Å². The number of halogens is 2. The van der Waals surface area contributed by atoms with Crippen LogP contribution in [0.15, 0.2) is 78.9 Å². The predicted octanol–water partition coefficient (Wildman–Crippen LogP) is 6.64. The molecule has 0 atom stereocenters. The SMILES string of the molecule is COc1cccc(CCc2c(CCNCCC=CCCNCCc3ccccc3)ccc(OC)c2OC)c1.Cl.Cl. The maximum Gasteiger partial charge on any atom is 0.164 e. The normalized spacial score (nSPS) is 10.6. The number of aryl methyl sites for hydroxylation is 1. The largest absolute Gasteiger partial charge is 0.497 e. The molecule has 0 fully saturated rings. The Morgan fingerprint density at radius 2 is 1.27 bits per heavy atom. The average molecular weight is 590 g/mol. The molecule has 0 radical (unpaired) electrons. The highest BCUT2D eigenvalue weighted by Crippen LogP contribution is 2.34. The van der Waals surface area contributed by atoms with E-state index in [9.17, 15) is 0 Å². The van der Waals surface area contributed by atoms with E-state index in [4.69, 9.17) is 14.2 Å². The van der Waals surface area contributed by atoms with Crippen molar-refractivity contribution in [2.75, 3.05) is 47.5 Å². The minimum Gasteiger partial charge on any atom is -0.497 e. The Labute approximate surface area is 253 Å². The molecule has 0 amide bonds. The van der Waals surface area contributed by atoms with Crippen LogP contribution < -0.4 is 24.8 Å². The van der Waals surface area contributed by atoms with Crippen LogP contribution in [0, 0.1) is 0 Å². The molecule has 0 aliphatic carbocycles. The van der Waals surface area contributed by atoms with Crippen molar-refractivity contribution in [3.8, 4) is 17.2 Å². The zero-order chi connectivity index (χ0) is 26.8. The molecule has 2 N–H and O–H groups in total. The molecular weight excluding hydrogens is 543 g/mol. The highest BCUT2D eigenvalue weighted by Gasteiger charge is 2.15. The lowest BCUT2D eigenvalue weighted by atomic mass is 9.96. The molecule has 0 unspecified atom stereocenters. The third-order valence-electron chi connectivity index (χ3n) is 6.69. The second-order valence-corrected chi connectivity index (χ2v) is 9.32.